The van der Waals surface area contributed by atoms with Crippen molar-refractivity contribution in [3.05, 3.63) is 16.1 Å². The summed E-state index contributed by atoms with van der Waals surface area (Å²) in [6, 6.07) is 0.215. The van der Waals surface area contributed by atoms with Crippen molar-refractivity contribution in [1.82, 2.24) is 9.88 Å². The third-order valence-corrected chi connectivity index (χ3v) is 4.05. The van der Waals surface area contributed by atoms with Gasteiger partial charge < -0.3 is 10.6 Å². The van der Waals surface area contributed by atoms with Crippen molar-refractivity contribution in [2.75, 3.05) is 13.6 Å². The van der Waals surface area contributed by atoms with Gasteiger partial charge in [-0.25, -0.2) is 4.98 Å². The number of nitrogens with zero attached hydrogens (tertiary/aromatic N) is 3. The summed E-state index contributed by atoms with van der Waals surface area (Å²) in [4.78, 5) is 10.9. The molecule has 2 heterocycles. The van der Waals surface area contributed by atoms with Crippen LogP contribution >= 0.6 is 11.3 Å². The Bertz CT molecular complexity index is 416. The number of hydrogen-bond acceptors (Lipinski definition) is 5. The van der Waals surface area contributed by atoms with Crippen LogP contribution < -0.4 is 5.73 Å². The molecule has 0 amide bonds. The van der Waals surface area contributed by atoms with E-state index >= 15 is 0 Å². The second-order valence-electron chi connectivity index (χ2n) is 5.15. The molecule has 0 radical (unpaired) electrons. The summed E-state index contributed by atoms with van der Waals surface area (Å²) in [6.45, 7) is 7.26. The summed E-state index contributed by atoms with van der Waals surface area (Å²) < 4.78 is 0. The largest absolute Gasteiger partial charge is 0.370 e. The predicted octanol–water partition coefficient (Wildman–Crippen LogP) is 1.74. The molecule has 1 aliphatic rings. The molecule has 16 heavy (non-hydrogen) atoms. The first kappa shape index (κ1) is 11.4. The molecular formula is C11H18N4S. The van der Waals surface area contributed by atoms with Gasteiger partial charge in [-0.15, -0.1) is 11.3 Å². The predicted molar refractivity (Wildman–Crippen MR) is 67.8 cm³/mol. The monoisotopic (exact) mass is 238 g/mol. The highest BCUT2D eigenvalue weighted by molar-refractivity contribution is 7.09. The Labute approximate surface area is 100 Å². The van der Waals surface area contributed by atoms with E-state index in [-0.39, 0.29) is 11.5 Å². The highest BCUT2D eigenvalue weighted by atomic mass is 32.1. The Morgan fingerprint density at radius 3 is 2.62 bits per heavy atom. The SMILES string of the molecule is CN1C(N)=NCC1c1csc(C(C)(C)C)n1. The summed E-state index contributed by atoms with van der Waals surface area (Å²) in [7, 11) is 1.96. The molecule has 1 aliphatic heterocycles. The van der Waals surface area contributed by atoms with Crippen LogP contribution in [0.25, 0.3) is 0 Å². The lowest BCUT2D eigenvalue weighted by Gasteiger charge is -2.19. The summed E-state index contributed by atoms with van der Waals surface area (Å²) >= 11 is 1.72. The van der Waals surface area contributed by atoms with E-state index in [1.807, 2.05) is 11.9 Å². The van der Waals surface area contributed by atoms with E-state index in [0.717, 1.165) is 12.2 Å². The van der Waals surface area contributed by atoms with Crippen molar-refractivity contribution in [2.24, 2.45) is 10.7 Å². The molecule has 88 valence electrons. The lowest BCUT2D eigenvalue weighted by molar-refractivity contribution is 0.405. The van der Waals surface area contributed by atoms with Crippen LogP contribution in [0.15, 0.2) is 10.4 Å². The van der Waals surface area contributed by atoms with Gasteiger partial charge in [0.15, 0.2) is 5.96 Å². The summed E-state index contributed by atoms with van der Waals surface area (Å²) in [6.07, 6.45) is 0. The average molecular weight is 238 g/mol. The van der Waals surface area contributed by atoms with Gasteiger partial charge in [-0.05, 0) is 0 Å². The smallest absolute Gasteiger partial charge is 0.191 e. The minimum Gasteiger partial charge on any atom is -0.370 e. The lowest BCUT2D eigenvalue weighted by atomic mass is 9.98. The first-order valence-corrected chi connectivity index (χ1v) is 6.26. The number of likely N-dealkylation sites (N-methyl/N-ethyl adjacent to an activating group) is 1. The molecule has 1 aromatic rings. The van der Waals surface area contributed by atoms with Gasteiger partial charge >= 0.3 is 0 Å². The minimum absolute atomic E-state index is 0.118. The van der Waals surface area contributed by atoms with E-state index in [2.05, 4.69) is 31.1 Å². The molecule has 0 spiro atoms. The molecule has 1 atom stereocenters. The van der Waals surface area contributed by atoms with Crippen molar-refractivity contribution >= 4 is 17.3 Å². The molecular weight excluding hydrogens is 220 g/mol. The van der Waals surface area contributed by atoms with Crippen LogP contribution in [0.4, 0.5) is 0 Å². The first-order valence-electron chi connectivity index (χ1n) is 5.38. The fourth-order valence-electron chi connectivity index (χ4n) is 1.65. The standard InChI is InChI=1S/C11H18N4S/c1-11(2,3)9-14-7(6-16-9)8-5-13-10(12)15(8)4/h6,8H,5H2,1-4H3,(H2,12,13). The van der Waals surface area contributed by atoms with Crippen LogP contribution in [0, 0.1) is 0 Å². The maximum absolute atomic E-state index is 5.75. The van der Waals surface area contributed by atoms with Crippen LogP contribution in [0.1, 0.15) is 37.5 Å². The number of thiazole rings is 1. The summed E-state index contributed by atoms with van der Waals surface area (Å²) in [5.74, 6) is 0.607. The second kappa shape index (κ2) is 3.73. The topological polar surface area (TPSA) is 54.5 Å². The molecule has 4 nitrogen and oxygen atoms in total. The molecule has 0 bridgehead atoms. The van der Waals surface area contributed by atoms with E-state index in [1.54, 1.807) is 11.3 Å². The normalized spacial score (nSPS) is 21.4. The highest BCUT2D eigenvalue weighted by Crippen LogP contribution is 2.30. The maximum atomic E-state index is 5.75. The van der Waals surface area contributed by atoms with Gasteiger partial charge in [-0.3, -0.25) is 4.99 Å². The molecule has 2 N–H and O–H groups in total. The molecule has 0 saturated carbocycles. The van der Waals surface area contributed by atoms with Gasteiger partial charge in [-0.2, -0.15) is 0 Å². The van der Waals surface area contributed by atoms with Crippen molar-refractivity contribution in [1.29, 1.82) is 0 Å². The van der Waals surface area contributed by atoms with Gasteiger partial charge in [0.1, 0.15) is 0 Å². The van der Waals surface area contributed by atoms with Crippen LogP contribution in [-0.2, 0) is 5.41 Å². The quantitative estimate of drug-likeness (QED) is 0.811. The molecule has 1 aromatic heterocycles. The molecule has 1 unspecified atom stereocenters. The maximum Gasteiger partial charge on any atom is 0.191 e. The molecule has 0 fully saturated rings. The number of rotatable bonds is 1. The summed E-state index contributed by atoms with van der Waals surface area (Å²) in [5.41, 5.74) is 6.95. The Kier molecular flexibility index (Phi) is 2.66. The van der Waals surface area contributed by atoms with Crippen LogP contribution in [0.5, 0.6) is 0 Å². The molecule has 0 saturated heterocycles. The third-order valence-electron chi connectivity index (χ3n) is 2.76. The van der Waals surface area contributed by atoms with Crippen molar-refractivity contribution in [3.63, 3.8) is 0 Å². The minimum atomic E-state index is 0.118. The Morgan fingerprint density at radius 1 is 1.50 bits per heavy atom. The zero-order chi connectivity index (χ0) is 11.9. The fourth-order valence-corrected chi connectivity index (χ4v) is 2.60. The third kappa shape index (κ3) is 1.91. The lowest BCUT2D eigenvalue weighted by Crippen LogP contribution is -2.32. The van der Waals surface area contributed by atoms with Gasteiger partial charge in [0, 0.05) is 17.8 Å². The van der Waals surface area contributed by atoms with Crippen LogP contribution in [0.3, 0.4) is 0 Å². The number of nitrogens with two attached hydrogens (primary N) is 1. The first-order chi connectivity index (χ1) is 7.39. The Morgan fingerprint density at radius 2 is 2.19 bits per heavy atom. The molecule has 2 rings (SSSR count). The van der Waals surface area contributed by atoms with Gasteiger partial charge in [0.2, 0.25) is 0 Å². The van der Waals surface area contributed by atoms with E-state index in [0.29, 0.717) is 5.96 Å². The van der Waals surface area contributed by atoms with E-state index in [9.17, 15) is 0 Å². The van der Waals surface area contributed by atoms with E-state index in [1.165, 1.54) is 5.01 Å². The fraction of sp³-hybridized carbons (Fsp3) is 0.636. The average Bonchev–Trinajstić information content (AvgIpc) is 2.74. The van der Waals surface area contributed by atoms with E-state index in [4.69, 9.17) is 10.7 Å². The zero-order valence-electron chi connectivity index (χ0n) is 10.2. The Hall–Kier alpha value is -1.10. The molecule has 0 aliphatic carbocycles. The van der Waals surface area contributed by atoms with Crippen molar-refractivity contribution in [3.8, 4) is 0 Å². The van der Waals surface area contributed by atoms with E-state index < -0.39 is 0 Å². The zero-order valence-corrected chi connectivity index (χ0v) is 11.0. The van der Waals surface area contributed by atoms with Crippen molar-refractivity contribution in [2.45, 2.75) is 32.2 Å². The molecule has 5 heteroatoms. The van der Waals surface area contributed by atoms with Gasteiger partial charge in [0.25, 0.3) is 0 Å². The van der Waals surface area contributed by atoms with Gasteiger partial charge in [0.05, 0.1) is 23.3 Å². The molecule has 0 aromatic carbocycles. The number of aromatic nitrogens is 1. The number of guanidine groups is 1. The number of aliphatic imine (C=N–C) groups is 1. The van der Waals surface area contributed by atoms with Crippen LogP contribution in [-0.4, -0.2) is 29.4 Å². The van der Waals surface area contributed by atoms with Crippen LogP contribution in [0.2, 0.25) is 0 Å². The Balaban J connectivity index is 2.21. The van der Waals surface area contributed by atoms with Crippen molar-refractivity contribution < 1.29 is 0 Å². The van der Waals surface area contributed by atoms with Gasteiger partial charge in [-0.1, -0.05) is 20.8 Å². The summed E-state index contributed by atoms with van der Waals surface area (Å²) in [5, 5.41) is 3.29. The number of hydrogen-bond donors (Lipinski definition) is 1. The highest BCUT2D eigenvalue weighted by Gasteiger charge is 2.27. The second-order valence-corrected chi connectivity index (χ2v) is 6.01.